The summed E-state index contributed by atoms with van der Waals surface area (Å²) in [7, 11) is 0. The standard InChI is InChI=1S/C23H22N6O3/c1-14-9-20(32-28-14)18-11-24-13-25-22(18)15-5-4-8-29(12-15)21(30)10-19-16-6-2-3-7-17(16)23(31)27-26-19/h2-3,6-7,9,11,13,15H,4-5,8,10,12H2,1H3,(H,27,31). The van der Waals surface area contributed by atoms with Crippen molar-refractivity contribution in [2.45, 2.75) is 32.1 Å². The average Bonchev–Trinajstić information content (AvgIpc) is 3.27. The number of fused-ring (bicyclic) bond motifs is 1. The van der Waals surface area contributed by atoms with Crippen LogP contribution in [0.5, 0.6) is 0 Å². The van der Waals surface area contributed by atoms with Gasteiger partial charge >= 0.3 is 0 Å². The van der Waals surface area contributed by atoms with Gasteiger partial charge in [0.2, 0.25) is 5.91 Å². The molecule has 1 N–H and O–H groups in total. The first-order valence-corrected chi connectivity index (χ1v) is 10.6. The minimum Gasteiger partial charge on any atom is -0.356 e. The molecule has 3 aromatic heterocycles. The molecule has 0 saturated carbocycles. The lowest BCUT2D eigenvalue weighted by Gasteiger charge is -2.33. The van der Waals surface area contributed by atoms with Crippen LogP contribution in [-0.2, 0) is 11.2 Å². The molecule has 9 nitrogen and oxygen atoms in total. The van der Waals surface area contributed by atoms with E-state index in [9.17, 15) is 9.59 Å². The molecule has 1 atom stereocenters. The summed E-state index contributed by atoms with van der Waals surface area (Å²) in [5.41, 5.74) is 2.78. The number of carbonyl (C=O) groups is 1. The summed E-state index contributed by atoms with van der Waals surface area (Å²) in [6.45, 7) is 3.10. The lowest BCUT2D eigenvalue weighted by molar-refractivity contribution is -0.131. The third kappa shape index (κ3) is 3.77. The quantitative estimate of drug-likeness (QED) is 0.529. The predicted molar refractivity (Wildman–Crippen MR) is 117 cm³/mol. The fourth-order valence-electron chi connectivity index (χ4n) is 4.33. The Morgan fingerprint density at radius 3 is 2.94 bits per heavy atom. The van der Waals surface area contributed by atoms with Crippen LogP contribution in [-0.4, -0.2) is 49.2 Å². The summed E-state index contributed by atoms with van der Waals surface area (Å²) in [5, 5.41) is 11.9. The van der Waals surface area contributed by atoms with Gasteiger partial charge in [-0.3, -0.25) is 9.59 Å². The van der Waals surface area contributed by atoms with Gasteiger partial charge in [-0.15, -0.1) is 0 Å². The van der Waals surface area contributed by atoms with Crippen molar-refractivity contribution in [3.05, 3.63) is 70.3 Å². The molecule has 1 unspecified atom stereocenters. The summed E-state index contributed by atoms with van der Waals surface area (Å²) >= 11 is 0. The zero-order chi connectivity index (χ0) is 22.1. The van der Waals surface area contributed by atoms with E-state index >= 15 is 0 Å². The molecule has 1 aliphatic rings. The Bertz CT molecular complexity index is 1340. The van der Waals surface area contributed by atoms with Crippen LogP contribution in [0.4, 0.5) is 0 Å². The van der Waals surface area contributed by atoms with Crippen molar-refractivity contribution in [2.75, 3.05) is 13.1 Å². The van der Waals surface area contributed by atoms with Gasteiger partial charge in [0.05, 0.1) is 34.5 Å². The van der Waals surface area contributed by atoms with E-state index < -0.39 is 0 Å². The van der Waals surface area contributed by atoms with E-state index in [2.05, 4.69) is 25.3 Å². The number of benzene rings is 1. The number of amides is 1. The van der Waals surface area contributed by atoms with Gasteiger partial charge in [0.1, 0.15) is 6.33 Å². The van der Waals surface area contributed by atoms with Crippen molar-refractivity contribution in [1.29, 1.82) is 0 Å². The number of nitrogens with one attached hydrogen (secondary N) is 1. The number of aromatic nitrogens is 5. The van der Waals surface area contributed by atoms with Gasteiger partial charge in [0.15, 0.2) is 5.76 Å². The van der Waals surface area contributed by atoms with Crippen LogP contribution in [0.25, 0.3) is 22.1 Å². The molecule has 1 saturated heterocycles. The van der Waals surface area contributed by atoms with Gasteiger partial charge in [-0.25, -0.2) is 15.1 Å². The number of likely N-dealkylation sites (tertiary alicyclic amines) is 1. The van der Waals surface area contributed by atoms with Crippen LogP contribution >= 0.6 is 0 Å². The molecule has 0 aliphatic carbocycles. The van der Waals surface area contributed by atoms with Crippen LogP contribution in [0.2, 0.25) is 0 Å². The van der Waals surface area contributed by atoms with E-state index in [0.717, 1.165) is 29.8 Å². The number of hydrogen-bond acceptors (Lipinski definition) is 7. The lowest BCUT2D eigenvalue weighted by atomic mass is 9.91. The Morgan fingerprint density at radius 2 is 2.12 bits per heavy atom. The number of carbonyl (C=O) groups excluding carboxylic acids is 1. The molecule has 0 spiro atoms. The van der Waals surface area contributed by atoms with E-state index in [1.54, 1.807) is 18.3 Å². The van der Waals surface area contributed by atoms with E-state index in [1.807, 2.05) is 30.0 Å². The van der Waals surface area contributed by atoms with E-state index in [1.165, 1.54) is 6.33 Å². The predicted octanol–water partition coefficient (Wildman–Crippen LogP) is 2.63. The SMILES string of the molecule is Cc1cc(-c2cncnc2C2CCCN(C(=O)Cc3n[nH]c(=O)c4ccccc34)C2)on1. The van der Waals surface area contributed by atoms with E-state index in [-0.39, 0.29) is 23.8 Å². The Hall–Kier alpha value is -3.88. The van der Waals surface area contributed by atoms with Gasteiger partial charge in [-0.2, -0.15) is 5.10 Å². The van der Waals surface area contributed by atoms with Crippen LogP contribution in [0.1, 0.15) is 35.8 Å². The average molecular weight is 430 g/mol. The minimum atomic E-state index is -0.256. The molecule has 4 heterocycles. The van der Waals surface area contributed by atoms with Gasteiger partial charge < -0.3 is 9.42 Å². The molecule has 1 aromatic carbocycles. The molecule has 0 radical (unpaired) electrons. The summed E-state index contributed by atoms with van der Waals surface area (Å²) in [6.07, 6.45) is 5.18. The van der Waals surface area contributed by atoms with Gasteiger partial charge in [-0.05, 0) is 25.8 Å². The summed E-state index contributed by atoms with van der Waals surface area (Å²) in [4.78, 5) is 35.7. The smallest absolute Gasteiger partial charge is 0.272 e. The number of rotatable bonds is 4. The third-order valence-corrected chi connectivity index (χ3v) is 5.89. The number of aryl methyl sites for hydroxylation is 1. The van der Waals surface area contributed by atoms with Crippen LogP contribution in [0.15, 0.2) is 52.2 Å². The van der Waals surface area contributed by atoms with Crippen LogP contribution in [0, 0.1) is 6.92 Å². The van der Waals surface area contributed by atoms with Crippen LogP contribution < -0.4 is 5.56 Å². The summed E-state index contributed by atoms with van der Waals surface area (Å²) < 4.78 is 5.44. The van der Waals surface area contributed by atoms with E-state index in [0.29, 0.717) is 35.3 Å². The second-order valence-corrected chi connectivity index (χ2v) is 8.05. The highest BCUT2D eigenvalue weighted by Crippen LogP contribution is 2.33. The fourth-order valence-corrected chi connectivity index (χ4v) is 4.33. The number of H-pyrrole nitrogens is 1. The molecule has 32 heavy (non-hydrogen) atoms. The topological polar surface area (TPSA) is 118 Å². The third-order valence-electron chi connectivity index (χ3n) is 5.89. The van der Waals surface area contributed by atoms with Gasteiger partial charge in [0.25, 0.3) is 5.56 Å². The second kappa shape index (κ2) is 8.33. The molecule has 9 heteroatoms. The van der Waals surface area contributed by atoms with Crippen molar-refractivity contribution in [2.24, 2.45) is 0 Å². The monoisotopic (exact) mass is 430 g/mol. The Kier molecular flexibility index (Phi) is 5.22. The maximum Gasteiger partial charge on any atom is 0.272 e. The second-order valence-electron chi connectivity index (χ2n) is 8.05. The van der Waals surface area contributed by atoms with Crippen molar-refractivity contribution in [3.8, 4) is 11.3 Å². The first-order valence-electron chi connectivity index (χ1n) is 10.6. The minimum absolute atomic E-state index is 0.0227. The molecule has 162 valence electrons. The first kappa shape index (κ1) is 20.0. The Morgan fingerprint density at radius 1 is 1.28 bits per heavy atom. The van der Waals surface area contributed by atoms with Crippen molar-refractivity contribution >= 4 is 16.7 Å². The maximum atomic E-state index is 13.2. The molecule has 5 rings (SSSR count). The molecule has 1 aliphatic heterocycles. The molecular weight excluding hydrogens is 408 g/mol. The number of piperidine rings is 1. The molecule has 1 amide bonds. The lowest BCUT2D eigenvalue weighted by Crippen LogP contribution is -2.40. The Balaban J connectivity index is 1.38. The Labute approximate surface area is 183 Å². The maximum absolute atomic E-state index is 13.2. The van der Waals surface area contributed by atoms with Crippen molar-refractivity contribution in [1.82, 2.24) is 30.2 Å². The zero-order valence-corrected chi connectivity index (χ0v) is 17.6. The van der Waals surface area contributed by atoms with Gasteiger partial charge in [-0.1, -0.05) is 23.4 Å². The fraction of sp³-hybridized carbons (Fsp3) is 0.304. The zero-order valence-electron chi connectivity index (χ0n) is 17.6. The highest BCUT2D eigenvalue weighted by atomic mass is 16.5. The number of hydrogen-bond donors (Lipinski definition) is 1. The summed E-state index contributed by atoms with van der Waals surface area (Å²) in [5.74, 6) is 0.673. The molecular formula is C23H22N6O3. The highest BCUT2D eigenvalue weighted by Gasteiger charge is 2.29. The summed E-state index contributed by atoms with van der Waals surface area (Å²) in [6, 6.07) is 9.07. The highest BCUT2D eigenvalue weighted by molar-refractivity contribution is 5.88. The van der Waals surface area contributed by atoms with Crippen molar-refractivity contribution < 1.29 is 9.32 Å². The van der Waals surface area contributed by atoms with E-state index in [4.69, 9.17) is 4.52 Å². The first-order chi connectivity index (χ1) is 15.6. The molecule has 4 aromatic rings. The van der Waals surface area contributed by atoms with Crippen molar-refractivity contribution in [3.63, 3.8) is 0 Å². The van der Waals surface area contributed by atoms with Gasteiger partial charge in [0, 0.05) is 36.7 Å². The van der Waals surface area contributed by atoms with Crippen LogP contribution in [0.3, 0.4) is 0 Å². The largest absolute Gasteiger partial charge is 0.356 e. The number of nitrogens with zero attached hydrogens (tertiary/aromatic N) is 5. The molecule has 1 fully saturated rings. The molecule has 0 bridgehead atoms. The number of aromatic amines is 1. The normalized spacial score (nSPS) is 16.4.